The highest BCUT2D eigenvalue weighted by atomic mass is 16.5. The first-order chi connectivity index (χ1) is 11.1. The maximum atomic E-state index is 12.5. The van der Waals surface area contributed by atoms with Crippen LogP contribution in [0, 0.1) is 12.8 Å². The van der Waals surface area contributed by atoms with Crippen LogP contribution in [-0.2, 0) is 0 Å². The summed E-state index contributed by atoms with van der Waals surface area (Å²) in [6.45, 7) is 1.79. The smallest absolute Gasteiger partial charge is 0.260 e. The molecule has 1 atom stereocenters. The number of carbonyl (C=O) groups excluding carboxylic acids is 1. The Labute approximate surface area is 134 Å². The lowest BCUT2D eigenvalue weighted by atomic mass is 10.0. The Hall–Kier alpha value is -2.56. The van der Waals surface area contributed by atoms with E-state index in [4.69, 9.17) is 4.74 Å². The van der Waals surface area contributed by atoms with E-state index in [1.807, 2.05) is 24.3 Å². The number of aromatic amines is 1. The summed E-state index contributed by atoms with van der Waals surface area (Å²) in [6.07, 6.45) is 2.17. The topological polar surface area (TPSA) is 71.2 Å². The van der Waals surface area contributed by atoms with Gasteiger partial charge in [0.25, 0.3) is 11.5 Å². The maximum absolute atomic E-state index is 12.5. The fourth-order valence-electron chi connectivity index (χ4n) is 2.68. The number of hydrogen-bond acceptors (Lipinski definition) is 3. The third-order valence-electron chi connectivity index (χ3n) is 4.15. The minimum atomic E-state index is -0.355. The second-order valence-corrected chi connectivity index (χ2v) is 5.95. The zero-order valence-corrected chi connectivity index (χ0v) is 13.3. The molecule has 2 N–H and O–H groups in total. The lowest BCUT2D eigenvalue weighted by molar-refractivity contribution is 0.0930. The van der Waals surface area contributed by atoms with E-state index in [0.717, 1.165) is 29.8 Å². The van der Waals surface area contributed by atoms with Crippen molar-refractivity contribution in [1.82, 2.24) is 10.3 Å². The Bertz CT molecular complexity index is 761. The Balaban J connectivity index is 1.81. The van der Waals surface area contributed by atoms with E-state index in [1.165, 1.54) is 0 Å². The second kappa shape index (κ2) is 6.28. The van der Waals surface area contributed by atoms with Crippen molar-refractivity contribution in [2.45, 2.75) is 25.8 Å². The van der Waals surface area contributed by atoms with Gasteiger partial charge in [-0.05, 0) is 55.5 Å². The highest BCUT2D eigenvalue weighted by Crippen LogP contribution is 2.41. The third-order valence-corrected chi connectivity index (χ3v) is 4.15. The van der Waals surface area contributed by atoms with Crippen molar-refractivity contribution in [3.05, 3.63) is 63.6 Å². The molecule has 3 rings (SSSR count). The van der Waals surface area contributed by atoms with Crippen molar-refractivity contribution >= 4 is 5.91 Å². The molecule has 0 saturated heterocycles. The van der Waals surface area contributed by atoms with E-state index in [1.54, 1.807) is 26.2 Å². The predicted molar refractivity (Wildman–Crippen MR) is 87.7 cm³/mol. The normalized spacial score (nSPS) is 15.0. The quantitative estimate of drug-likeness (QED) is 0.891. The standard InChI is InChI=1S/C18H20N2O3/c1-11-3-10-15(17(21)19-11)18(22)20-16(12-4-5-12)13-6-8-14(23-2)9-7-13/h3,6-10,12,16H,4-5H2,1-2H3,(H,19,21)(H,20,22)/t16-/m1/s1. The number of aryl methyl sites for hydroxylation is 1. The molecule has 5 heteroatoms. The van der Waals surface area contributed by atoms with Crippen LogP contribution >= 0.6 is 0 Å². The Morgan fingerprint density at radius 1 is 1.22 bits per heavy atom. The van der Waals surface area contributed by atoms with Gasteiger partial charge in [-0.2, -0.15) is 0 Å². The average molecular weight is 312 g/mol. The second-order valence-electron chi connectivity index (χ2n) is 5.95. The summed E-state index contributed by atoms with van der Waals surface area (Å²) < 4.78 is 5.17. The SMILES string of the molecule is COc1ccc([C@H](NC(=O)c2ccc(C)[nH]c2=O)C2CC2)cc1. The average Bonchev–Trinajstić information content (AvgIpc) is 3.37. The molecule has 1 aromatic heterocycles. The molecule has 0 unspecified atom stereocenters. The molecule has 1 heterocycles. The highest BCUT2D eigenvalue weighted by Gasteiger charge is 2.33. The summed E-state index contributed by atoms with van der Waals surface area (Å²) in [7, 11) is 1.62. The van der Waals surface area contributed by atoms with Crippen LogP contribution < -0.4 is 15.6 Å². The van der Waals surface area contributed by atoms with Crippen molar-refractivity contribution in [3.63, 3.8) is 0 Å². The van der Waals surface area contributed by atoms with Gasteiger partial charge in [0.15, 0.2) is 0 Å². The van der Waals surface area contributed by atoms with Crippen molar-refractivity contribution < 1.29 is 9.53 Å². The van der Waals surface area contributed by atoms with Gasteiger partial charge < -0.3 is 15.0 Å². The van der Waals surface area contributed by atoms with Crippen LogP contribution in [-0.4, -0.2) is 18.0 Å². The molecule has 1 amide bonds. The molecule has 1 saturated carbocycles. The van der Waals surface area contributed by atoms with E-state index in [0.29, 0.717) is 5.92 Å². The van der Waals surface area contributed by atoms with Crippen molar-refractivity contribution in [1.29, 1.82) is 0 Å². The summed E-state index contributed by atoms with van der Waals surface area (Å²) in [4.78, 5) is 27.1. The summed E-state index contributed by atoms with van der Waals surface area (Å²) in [5, 5.41) is 3.01. The van der Waals surface area contributed by atoms with Crippen LogP contribution in [0.2, 0.25) is 0 Å². The number of amides is 1. The van der Waals surface area contributed by atoms with E-state index >= 15 is 0 Å². The number of aromatic nitrogens is 1. The fourth-order valence-corrected chi connectivity index (χ4v) is 2.68. The molecular weight excluding hydrogens is 292 g/mol. The molecule has 1 fully saturated rings. The summed E-state index contributed by atoms with van der Waals surface area (Å²) in [6, 6.07) is 10.9. The lowest BCUT2D eigenvalue weighted by Gasteiger charge is -2.19. The summed E-state index contributed by atoms with van der Waals surface area (Å²) >= 11 is 0. The Morgan fingerprint density at radius 2 is 1.91 bits per heavy atom. The van der Waals surface area contributed by atoms with E-state index in [-0.39, 0.29) is 23.1 Å². The zero-order chi connectivity index (χ0) is 16.4. The van der Waals surface area contributed by atoms with Crippen molar-refractivity contribution in [2.24, 2.45) is 5.92 Å². The van der Waals surface area contributed by atoms with Gasteiger partial charge in [-0.25, -0.2) is 0 Å². The molecule has 1 aliphatic carbocycles. The minimum Gasteiger partial charge on any atom is -0.497 e. The monoisotopic (exact) mass is 312 g/mol. The molecule has 5 nitrogen and oxygen atoms in total. The maximum Gasteiger partial charge on any atom is 0.260 e. The first-order valence-corrected chi connectivity index (χ1v) is 7.73. The molecule has 1 aromatic carbocycles. The molecule has 0 radical (unpaired) electrons. The first kappa shape index (κ1) is 15.3. The van der Waals surface area contributed by atoms with Gasteiger partial charge in [-0.3, -0.25) is 9.59 Å². The Morgan fingerprint density at radius 3 is 2.48 bits per heavy atom. The number of ether oxygens (including phenoxy) is 1. The molecule has 120 valence electrons. The number of hydrogen-bond donors (Lipinski definition) is 2. The van der Waals surface area contributed by atoms with E-state index < -0.39 is 0 Å². The van der Waals surface area contributed by atoms with Gasteiger partial charge in [-0.15, -0.1) is 0 Å². The Kier molecular flexibility index (Phi) is 4.19. The van der Waals surface area contributed by atoms with Crippen LogP contribution in [0.5, 0.6) is 5.75 Å². The van der Waals surface area contributed by atoms with Gasteiger partial charge in [0.05, 0.1) is 13.2 Å². The molecule has 1 aliphatic rings. The first-order valence-electron chi connectivity index (χ1n) is 7.73. The van der Waals surface area contributed by atoms with Gasteiger partial charge in [0.1, 0.15) is 11.3 Å². The van der Waals surface area contributed by atoms with E-state index in [2.05, 4.69) is 10.3 Å². The summed E-state index contributed by atoms with van der Waals surface area (Å²) in [5.74, 6) is 0.875. The number of rotatable bonds is 5. The van der Waals surface area contributed by atoms with Gasteiger partial charge in [0, 0.05) is 5.69 Å². The molecule has 2 aromatic rings. The van der Waals surface area contributed by atoms with Crippen LogP contribution in [0.1, 0.15) is 40.5 Å². The molecule has 0 bridgehead atoms. The minimum absolute atomic E-state index is 0.0749. The fraction of sp³-hybridized carbons (Fsp3) is 0.333. The van der Waals surface area contributed by atoms with Crippen LogP contribution in [0.15, 0.2) is 41.2 Å². The zero-order valence-electron chi connectivity index (χ0n) is 13.3. The molecular formula is C18H20N2O3. The number of carbonyl (C=O) groups is 1. The number of pyridine rings is 1. The molecule has 0 aliphatic heterocycles. The van der Waals surface area contributed by atoms with Crippen LogP contribution in [0.25, 0.3) is 0 Å². The van der Waals surface area contributed by atoms with Gasteiger partial charge in [0.2, 0.25) is 0 Å². The highest BCUT2D eigenvalue weighted by molar-refractivity contribution is 5.94. The van der Waals surface area contributed by atoms with Crippen molar-refractivity contribution in [2.75, 3.05) is 7.11 Å². The van der Waals surface area contributed by atoms with Gasteiger partial charge >= 0.3 is 0 Å². The lowest BCUT2D eigenvalue weighted by Crippen LogP contribution is -2.33. The summed E-state index contributed by atoms with van der Waals surface area (Å²) in [5.41, 5.74) is 1.56. The number of H-pyrrole nitrogens is 1. The predicted octanol–water partition coefficient (Wildman–Crippen LogP) is 2.57. The van der Waals surface area contributed by atoms with E-state index in [9.17, 15) is 9.59 Å². The van der Waals surface area contributed by atoms with Gasteiger partial charge in [-0.1, -0.05) is 12.1 Å². The van der Waals surface area contributed by atoms with Crippen LogP contribution in [0.4, 0.5) is 0 Å². The largest absolute Gasteiger partial charge is 0.497 e. The van der Waals surface area contributed by atoms with Crippen LogP contribution in [0.3, 0.4) is 0 Å². The molecule has 0 spiro atoms. The number of methoxy groups -OCH3 is 1. The number of benzene rings is 1. The van der Waals surface area contributed by atoms with Crippen molar-refractivity contribution in [3.8, 4) is 5.75 Å². The number of nitrogens with one attached hydrogen (secondary N) is 2. The molecule has 23 heavy (non-hydrogen) atoms. The third kappa shape index (κ3) is 3.44.